The van der Waals surface area contributed by atoms with Crippen molar-refractivity contribution in [2.24, 2.45) is 0 Å². The summed E-state index contributed by atoms with van der Waals surface area (Å²) in [6.45, 7) is 6.35. The molecule has 1 aliphatic rings. The predicted octanol–water partition coefficient (Wildman–Crippen LogP) is 1.68. The van der Waals surface area contributed by atoms with Crippen LogP contribution in [0.4, 0.5) is 5.69 Å². The Bertz CT molecular complexity index is 397. The molecule has 1 fully saturated rings. The average Bonchev–Trinajstić information content (AvgIpc) is 2.46. The number of nitrogens with one attached hydrogen (secondary N) is 1. The number of anilines is 1. The van der Waals surface area contributed by atoms with Crippen LogP contribution in [0, 0.1) is 0 Å². The molecule has 2 unspecified atom stereocenters. The van der Waals surface area contributed by atoms with Crippen molar-refractivity contribution in [1.29, 1.82) is 0 Å². The Balaban J connectivity index is 1.92. The molecule has 20 heavy (non-hydrogen) atoms. The maximum Gasteiger partial charge on any atom is 0.0636 e. The van der Waals surface area contributed by atoms with Gasteiger partial charge in [-0.15, -0.1) is 0 Å². The first-order chi connectivity index (χ1) is 9.56. The number of nitrogens with zero attached hydrogens (tertiary/aromatic N) is 1. The summed E-state index contributed by atoms with van der Waals surface area (Å²) in [7, 11) is 0. The fourth-order valence-electron chi connectivity index (χ4n) is 2.56. The first-order valence-corrected chi connectivity index (χ1v) is 7.50. The van der Waals surface area contributed by atoms with Gasteiger partial charge in [0.2, 0.25) is 0 Å². The first-order valence-electron chi connectivity index (χ1n) is 7.50. The number of hydrogen-bond acceptors (Lipinski definition) is 4. The second kappa shape index (κ2) is 7.07. The van der Waals surface area contributed by atoms with Crippen molar-refractivity contribution in [2.75, 3.05) is 24.5 Å². The van der Waals surface area contributed by atoms with Crippen molar-refractivity contribution in [3.63, 3.8) is 0 Å². The number of aliphatic hydroxyl groups excluding tert-OH is 2. The van der Waals surface area contributed by atoms with E-state index in [2.05, 4.69) is 41.4 Å². The van der Waals surface area contributed by atoms with Gasteiger partial charge in [0, 0.05) is 31.4 Å². The third-order valence-electron chi connectivity index (χ3n) is 3.94. The van der Waals surface area contributed by atoms with E-state index in [-0.39, 0.29) is 18.2 Å². The lowest BCUT2D eigenvalue weighted by Crippen LogP contribution is -2.35. The summed E-state index contributed by atoms with van der Waals surface area (Å²) in [6.07, 6.45) is 1.26. The lowest BCUT2D eigenvalue weighted by Gasteiger charge is -2.31. The van der Waals surface area contributed by atoms with E-state index in [9.17, 15) is 10.2 Å². The summed E-state index contributed by atoms with van der Waals surface area (Å²) >= 11 is 0. The molecule has 4 heteroatoms. The van der Waals surface area contributed by atoms with Gasteiger partial charge in [-0.1, -0.05) is 12.1 Å². The molecule has 0 aromatic heterocycles. The van der Waals surface area contributed by atoms with Crippen LogP contribution in [0.1, 0.15) is 38.3 Å². The van der Waals surface area contributed by atoms with Gasteiger partial charge in [-0.05, 0) is 44.4 Å². The van der Waals surface area contributed by atoms with Gasteiger partial charge < -0.3 is 20.4 Å². The Morgan fingerprint density at radius 2 is 1.80 bits per heavy atom. The van der Waals surface area contributed by atoms with Crippen LogP contribution in [0.25, 0.3) is 0 Å². The van der Waals surface area contributed by atoms with Crippen molar-refractivity contribution in [3.05, 3.63) is 29.8 Å². The van der Waals surface area contributed by atoms with Gasteiger partial charge in [-0.3, -0.25) is 0 Å². The zero-order valence-electron chi connectivity index (χ0n) is 12.4. The van der Waals surface area contributed by atoms with Crippen LogP contribution in [0.2, 0.25) is 0 Å². The molecule has 0 saturated carbocycles. The molecule has 2 rings (SSSR count). The third kappa shape index (κ3) is 4.20. The van der Waals surface area contributed by atoms with E-state index in [1.54, 1.807) is 6.92 Å². The van der Waals surface area contributed by atoms with Crippen LogP contribution in [0.3, 0.4) is 0 Å². The van der Waals surface area contributed by atoms with Crippen LogP contribution in [0.5, 0.6) is 0 Å². The molecule has 1 aromatic carbocycles. The Hall–Kier alpha value is -1.10. The molecule has 1 aromatic rings. The third-order valence-corrected chi connectivity index (χ3v) is 3.94. The summed E-state index contributed by atoms with van der Waals surface area (Å²) in [6, 6.07) is 8.81. The molecule has 2 atom stereocenters. The van der Waals surface area contributed by atoms with E-state index in [0.717, 1.165) is 25.9 Å². The van der Waals surface area contributed by atoms with Crippen molar-refractivity contribution < 1.29 is 10.2 Å². The van der Waals surface area contributed by atoms with Crippen LogP contribution < -0.4 is 10.2 Å². The highest BCUT2D eigenvalue weighted by molar-refractivity contribution is 5.48. The smallest absolute Gasteiger partial charge is 0.0636 e. The van der Waals surface area contributed by atoms with Crippen LogP contribution in [-0.2, 0) is 0 Å². The minimum Gasteiger partial charge on any atom is -0.393 e. The van der Waals surface area contributed by atoms with Gasteiger partial charge in [0.05, 0.1) is 12.2 Å². The summed E-state index contributed by atoms with van der Waals surface area (Å²) in [5.74, 6) is 0. The number of rotatable bonds is 5. The lowest BCUT2D eigenvalue weighted by molar-refractivity contribution is 0.145. The fraction of sp³-hybridized carbons (Fsp3) is 0.625. The minimum atomic E-state index is -0.323. The van der Waals surface area contributed by atoms with Crippen molar-refractivity contribution in [3.8, 4) is 0 Å². The highest BCUT2D eigenvalue weighted by atomic mass is 16.3. The van der Waals surface area contributed by atoms with Gasteiger partial charge in [0.1, 0.15) is 0 Å². The van der Waals surface area contributed by atoms with Crippen LogP contribution in [0.15, 0.2) is 24.3 Å². The number of aliphatic hydroxyl groups is 2. The summed E-state index contributed by atoms with van der Waals surface area (Å²) < 4.78 is 0. The van der Waals surface area contributed by atoms with E-state index < -0.39 is 0 Å². The maximum atomic E-state index is 9.54. The van der Waals surface area contributed by atoms with Gasteiger partial charge in [0.15, 0.2) is 0 Å². The van der Waals surface area contributed by atoms with Gasteiger partial charge in [-0.25, -0.2) is 0 Å². The molecule has 0 bridgehead atoms. The second-order valence-corrected chi connectivity index (χ2v) is 5.79. The van der Waals surface area contributed by atoms with E-state index in [1.165, 1.54) is 11.3 Å². The molecule has 1 saturated heterocycles. The number of hydrogen-bond donors (Lipinski definition) is 3. The first kappa shape index (κ1) is 15.3. The fourth-order valence-corrected chi connectivity index (χ4v) is 2.56. The molecule has 0 aliphatic carbocycles. The van der Waals surface area contributed by atoms with E-state index >= 15 is 0 Å². The second-order valence-electron chi connectivity index (χ2n) is 5.79. The summed E-state index contributed by atoms with van der Waals surface area (Å²) in [4.78, 5) is 2.32. The lowest BCUT2D eigenvalue weighted by atomic mass is 10.0. The molecule has 0 radical (unpaired) electrons. The summed E-state index contributed by atoms with van der Waals surface area (Å²) in [5, 5.41) is 22.1. The summed E-state index contributed by atoms with van der Waals surface area (Å²) in [5.41, 5.74) is 2.45. The van der Waals surface area contributed by atoms with E-state index in [4.69, 9.17) is 0 Å². The Morgan fingerprint density at radius 1 is 1.20 bits per heavy atom. The SMILES string of the molecule is CC(O)CNC(C)c1ccc(N2CCC(O)CC2)cc1. The minimum absolute atomic E-state index is 0.129. The van der Waals surface area contributed by atoms with E-state index in [0.29, 0.717) is 6.54 Å². The Kier molecular flexibility index (Phi) is 5.40. The van der Waals surface area contributed by atoms with Gasteiger partial charge in [0.25, 0.3) is 0 Å². The van der Waals surface area contributed by atoms with Crippen molar-refractivity contribution >= 4 is 5.69 Å². The molecular weight excluding hydrogens is 252 g/mol. The number of piperidine rings is 1. The van der Waals surface area contributed by atoms with Crippen LogP contribution in [-0.4, -0.2) is 42.1 Å². The molecule has 0 spiro atoms. The van der Waals surface area contributed by atoms with Crippen molar-refractivity contribution in [1.82, 2.24) is 5.32 Å². The van der Waals surface area contributed by atoms with Crippen molar-refractivity contribution in [2.45, 2.75) is 44.9 Å². The predicted molar refractivity (Wildman–Crippen MR) is 82.0 cm³/mol. The Morgan fingerprint density at radius 3 is 2.35 bits per heavy atom. The molecule has 0 amide bonds. The largest absolute Gasteiger partial charge is 0.393 e. The zero-order valence-corrected chi connectivity index (χ0v) is 12.4. The average molecular weight is 278 g/mol. The molecule has 112 valence electrons. The van der Waals surface area contributed by atoms with E-state index in [1.807, 2.05) is 0 Å². The van der Waals surface area contributed by atoms with Gasteiger partial charge >= 0.3 is 0 Å². The molecule has 4 nitrogen and oxygen atoms in total. The normalized spacial score (nSPS) is 19.9. The zero-order chi connectivity index (χ0) is 14.5. The number of benzene rings is 1. The highest BCUT2D eigenvalue weighted by Gasteiger charge is 2.17. The Labute approximate surface area is 121 Å². The van der Waals surface area contributed by atoms with Gasteiger partial charge in [-0.2, -0.15) is 0 Å². The maximum absolute atomic E-state index is 9.54. The molecule has 3 N–H and O–H groups in total. The molecule has 1 aliphatic heterocycles. The van der Waals surface area contributed by atoms with Crippen LogP contribution >= 0.6 is 0 Å². The monoisotopic (exact) mass is 278 g/mol. The highest BCUT2D eigenvalue weighted by Crippen LogP contribution is 2.22. The molecular formula is C16H26N2O2. The standard InChI is InChI=1S/C16H26N2O2/c1-12(19)11-17-13(2)14-3-5-15(6-4-14)18-9-7-16(20)8-10-18/h3-6,12-13,16-17,19-20H,7-11H2,1-2H3. The molecule has 1 heterocycles. The quantitative estimate of drug-likeness (QED) is 0.767. The topological polar surface area (TPSA) is 55.7 Å².